The van der Waals surface area contributed by atoms with E-state index < -0.39 is 6.10 Å². The summed E-state index contributed by atoms with van der Waals surface area (Å²) in [5.74, 6) is 1.59. The summed E-state index contributed by atoms with van der Waals surface area (Å²) < 4.78 is 10.7. The van der Waals surface area contributed by atoms with Gasteiger partial charge in [0.05, 0.1) is 20.3 Å². The Kier molecular flexibility index (Phi) is 5.38. The van der Waals surface area contributed by atoms with Crippen LogP contribution < -0.4 is 9.47 Å². The Balaban J connectivity index is 1.73. The summed E-state index contributed by atoms with van der Waals surface area (Å²) in [6.45, 7) is 1.41. The van der Waals surface area contributed by atoms with E-state index >= 15 is 0 Å². The highest BCUT2D eigenvalue weighted by atomic mass is 16.5. The summed E-state index contributed by atoms with van der Waals surface area (Å²) in [5, 5.41) is 10.6. The van der Waals surface area contributed by atoms with Crippen LogP contribution in [-0.4, -0.2) is 36.8 Å². The van der Waals surface area contributed by atoms with E-state index in [-0.39, 0.29) is 0 Å². The molecule has 1 atom stereocenters. The van der Waals surface area contributed by atoms with E-state index in [1.807, 2.05) is 48.5 Å². The molecule has 24 heavy (non-hydrogen) atoms. The van der Waals surface area contributed by atoms with Gasteiger partial charge in [-0.2, -0.15) is 0 Å². The highest BCUT2D eigenvalue weighted by molar-refractivity contribution is 5.38. The molecule has 0 bridgehead atoms. The lowest BCUT2D eigenvalue weighted by Gasteiger charge is -2.25. The molecule has 1 aliphatic carbocycles. The standard InChI is InChI=1S/C20H25NO3/c1-23-18-10-15(11-19(12-18)24-2)13-21(17-8-9-17)14-20(22)16-6-4-3-5-7-16/h3-7,10-12,17,20,22H,8-9,13-14H2,1-2H3. The average Bonchev–Trinajstić information content (AvgIpc) is 3.46. The average molecular weight is 327 g/mol. The Morgan fingerprint density at radius 3 is 2.21 bits per heavy atom. The summed E-state index contributed by atoms with van der Waals surface area (Å²) in [6, 6.07) is 16.4. The van der Waals surface area contributed by atoms with Gasteiger partial charge in [0.25, 0.3) is 0 Å². The molecule has 2 aromatic carbocycles. The predicted molar refractivity (Wildman–Crippen MR) is 94.4 cm³/mol. The van der Waals surface area contributed by atoms with Crippen LogP contribution in [0, 0.1) is 0 Å². The molecule has 0 amide bonds. The number of aliphatic hydroxyl groups is 1. The Hall–Kier alpha value is -2.04. The normalized spacial score (nSPS) is 15.3. The van der Waals surface area contributed by atoms with Crippen molar-refractivity contribution in [3.63, 3.8) is 0 Å². The maximum absolute atomic E-state index is 10.6. The second-order valence-electron chi connectivity index (χ2n) is 6.31. The van der Waals surface area contributed by atoms with Crippen molar-refractivity contribution < 1.29 is 14.6 Å². The van der Waals surface area contributed by atoms with Gasteiger partial charge in [-0.3, -0.25) is 4.90 Å². The molecular weight excluding hydrogens is 302 g/mol. The number of ether oxygens (including phenoxy) is 2. The first-order valence-corrected chi connectivity index (χ1v) is 8.38. The Bertz CT molecular complexity index is 633. The van der Waals surface area contributed by atoms with Gasteiger partial charge in [0.15, 0.2) is 0 Å². The fraction of sp³-hybridized carbons (Fsp3) is 0.400. The van der Waals surface area contributed by atoms with Crippen molar-refractivity contribution in [2.24, 2.45) is 0 Å². The quantitative estimate of drug-likeness (QED) is 0.807. The minimum absolute atomic E-state index is 0.473. The summed E-state index contributed by atoms with van der Waals surface area (Å²) >= 11 is 0. The van der Waals surface area contributed by atoms with E-state index in [4.69, 9.17) is 9.47 Å². The molecule has 1 saturated carbocycles. The van der Waals surface area contributed by atoms with E-state index in [9.17, 15) is 5.11 Å². The maximum Gasteiger partial charge on any atom is 0.122 e. The number of hydrogen-bond acceptors (Lipinski definition) is 4. The van der Waals surface area contributed by atoms with Gasteiger partial charge in [0.2, 0.25) is 0 Å². The molecule has 1 aliphatic rings. The summed E-state index contributed by atoms with van der Waals surface area (Å²) in [7, 11) is 3.33. The first kappa shape index (κ1) is 16.8. The van der Waals surface area contributed by atoms with Gasteiger partial charge >= 0.3 is 0 Å². The van der Waals surface area contributed by atoms with Crippen LogP contribution in [0.4, 0.5) is 0 Å². The second kappa shape index (κ2) is 7.69. The first-order chi connectivity index (χ1) is 11.7. The summed E-state index contributed by atoms with van der Waals surface area (Å²) in [6.07, 6.45) is 1.92. The van der Waals surface area contributed by atoms with Crippen molar-refractivity contribution in [2.75, 3.05) is 20.8 Å². The van der Waals surface area contributed by atoms with Gasteiger partial charge < -0.3 is 14.6 Å². The highest BCUT2D eigenvalue weighted by Crippen LogP contribution is 2.32. The van der Waals surface area contributed by atoms with Crippen LogP contribution >= 0.6 is 0 Å². The molecule has 0 spiro atoms. The van der Waals surface area contributed by atoms with E-state index in [1.165, 1.54) is 12.8 Å². The van der Waals surface area contributed by atoms with Crippen molar-refractivity contribution in [3.8, 4) is 11.5 Å². The second-order valence-corrected chi connectivity index (χ2v) is 6.31. The third-order valence-electron chi connectivity index (χ3n) is 4.45. The predicted octanol–water partition coefficient (Wildman–Crippen LogP) is 3.40. The molecule has 0 aromatic heterocycles. The van der Waals surface area contributed by atoms with E-state index in [2.05, 4.69) is 4.90 Å². The Labute approximate surface area is 143 Å². The maximum atomic E-state index is 10.6. The van der Waals surface area contributed by atoms with E-state index in [1.54, 1.807) is 14.2 Å². The zero-order valence-electron chi connectivity index (χ0n) is 14.3. The van der Waals surface area contributed by atoms with Gasteiger partial charge in [-0.25, -0.2) is 0 Å². The number of hydrogen-bond donors (Lipinski definition) is 1. The molecule has 128 valence electrons. The third-order valence-corrected chi connectivity index (χ3v) is 4.45. The van der Waals surface area contributed by atoms with Crippen molar-refractivity contribution in [1.29, 1.82) is 0 Å². The molecule has 0 saturated heterocycles. The van der Waals surface area contributed by atoms with Crippen LogP contribution in [0.15, 0.2) is 48.5 Å². The minimum atomic E-state index is -0.473. The van der Waals surface area contributed by atoms with Gasteiger partial charge in [-0.1, -0.05) is 30.3 Å². The van der Waals surface area contributed by atoms with Crippen molar-refractivity contribution >= 4 is 0 Å². The Morgan fingerprint density at radius 1 is 1.04 bits per heavy atom. The zero-order chi connectivity index (χ0) is 16.9. The van der Waals surface area contributed by atoms with Crippen molar-refractivity contribution in [3.05, 3.63) is 59.7 Å². The molecule has 0 aliphatic heterocycles. The zero-order valence-corrected chi connectivity index (χ0v) is 14.3. The molecule has 1 fully saturated rings. The Morgan fingerprint density at radius 2 is 1.67 bits per heavy atom. The fourth-order valence-electron chi connectivity index (χ4n) is 2.98. The topological polar surface area (TPSA) is 41.9 Å². The minimum Gasteiger partial charge on any atom is -0.497 e. The number of rotatable bonds is 8. The van der Waals surface area contributed by atoms with Crippen LogP contribution in [0.2, 0.25) is 0 Å². The van der Waals surface area contributed by atoms with Crippen LogP contribution in [-0.2, 0) is 6.54 Å². The number of aliphatic hydroxyl groups excluding tert-OH is 1. The molecular formula is C20H25NO3. The van der Waals surface area contributed by atoms with Crippen LogP contribution in [0.25, 0.3) is 0 Å². The largest absolute Gasteiger partial charge is 0.497 e. The summed E-state index contributed by atoms with van der Waals surface area (Å²) in [5.41, 5.74) is 2.10. The monoisotopic (exact) mass is 327 g/mol. The number of nitrogens with zero attached hydrogens (tertiary/aromatic N) is 1. The first-order valence-electron chi connectivity index (χ1n) is 8.38. The van der Waals surface area contributed by atoms with Gasteiger partial charge in [-0.05, 0) is 36.1 Å². The van der Waals surface area contributed by atoms with Gasteiger partial charge in [0.1, 0.15) is 11.5 Å². The molecule has 4 nitrogen and oxygen atoms in total. The van der Waals surface area contributed by atoms with Crippen LogP contribution in [0.5, 0.6) is 11.5 Å². The van der Waals surface area contributed by atoms with Crippen LogP contribution in [0.1, 0.15) is 30.1 Å². The molecule has 1 N–H and O–H groups in total. The van der Waals surface area contributed by atoms with E-state index in [0.29, 0.717) is 12.6 Å². The summed E-state index contributed by atoms with van der Waals surface area (Å²) in [4.78, 5) is 2.35. The lowest BCUT2D eigenvalue weighted by Crippen LogP contribution is -2.30. The molecule has 3 rings (SSSR count). The molecule has 4 heteroatoms. The third kappa shape index (κ3) is 4.28. The van der Waals surface area contributed by atoms with Gasteiger partial charge in [-0.15, -0.1) is 0 Å². The van der Waals surface area contributed by atoms with Gasteiger partial charge in [0, 0.05) is 25.2 Å². The lowest BCUT2D eigenvalue weighted by molar-refractivity contribution is 0.104. The van der Waals surface area contributed by atoms with Crippen LogP contribution in [0.3, 0.4) is 0 Å². The molecule has 0 radical (unpaired) electrons. The fourth-order valence-corrected chi connectivity index (χ4v) is 2.98. The van der Waals surface area contributed by atoms with Crippen molar-refractivity contribution in [1.82, 2.24) is 4.90 Å². The van der Waals surface area contributed by atoms with E-state index in [0.717, 1.165) is 29.2 Å². The number of methoxy groups -OCH3 is 2. The molecule has 1 unspecified atom stereocenters. The molecule has 2 aromatic rings. The SMILES string of the molecule is COc1cc(CN(CC(O)c2ccccc2)C2CC2)cc(OC)c1. The van der Waals surface area contributed by atoms with Crippen molar-refractivity contribution in [2.45, 2.75) is 31.5 Å². The highest BCUT2D eigenvalue weighted by Gasteiger charge is 2.30. The number of benzene rings is 2. The smallest absolute Gasteiger partial charge is 0.122 e. The molecule has 0 heterocycles. The lowest BCUT2D eigenvalue weighted by atomic mass is 10.1.